The van der Waals surface area contributed by atoms with Crippen LogP contribution in [0, 0.1) is 11.8 Å². The summed E-state index contributed by atoms with van der Waals surface area (Å²) in [5.74, 6) is 1.82. The summed E-state index contributed by atoms with van der Waals surface area (Å²) in [4.78, 5) is 0. The van der Waals surface area contributed by atoms with E-state index in [1.165, 1.54) is 225 Å². The molecule has 2 aromatic carbocycles. The van der Waals surface area contributed by atoms with Gasteiger partial charge in [0.25, 0.3) is 0 Å². The number of nitrogens with zero attached hydrogens (tertiary/aromatic N) is 1. The summed E-state index contributed by atoms with van der Waals surface area (Å²) in [5.41, 5.74) is 13.1. The lowest BCUT2D eigenvalue weighted by Crippen LogP contribution is -2.64. The highest BCUT2D eigenvalue weighted by Gasteiger charge is 2.57. The van der Waals surface area contributed by atoms with Crippen molar-refractivity contribution in [2.45, 2.75) is 301 Å². The van der Waals surface area contributed by atoms with Gasteiger partial charge in [0, 0.05) is 17.0 Å². The first-order chi connectivity index (χ1) is 32.6. The van der Waals surface area contributed by atoms with Crippen molar-refractivity contribution >= 4 is 13.8 Å². The summed E-state index contributed by atoms with van der Waals surface area (Å²) in [6.07, 6.45) is 55.4. The maximum absolute atomic E-state index is 3.22. The Kier molecular flexibility index (Phi) is 20.5. The minimum Gasteiger partial charge on any atom is -0.316 e. The van der Waals surface area contributed by atoms with Gasteiger partial charge in [-0.2, -0.15) is 0 Å². The first-order valence-corrected chi connectivity index (χ1v) is 33.1. The van der Waals surface area contributed by atoms with Gasteiger partial charge in [-0.15, -0.1) is 0 Å². The maximum Gasteiger partial charge on any atom is 0.126 e. The molecule has 2 fully saturated rings. The van der Waals surface area contributed by atoms with Crippen molar-refractivity contribution in [3.63, 3.8) is 0 Å². The van der Waals surface area contributed by atoms with Crippen LogP contribution in [0.5, 0.6) is 0 Å². The highest BCUT2D eigenvalue weighted by atomic mass is 28.3. The van der Waals surface area contributed by atoms with Crippen molar-refractivity contribution in [2.24, 2.45) is 11.8 Å². The molecule has 2 heteroatoms. The Labute approximate surface area is 417 Å². The van der Waals surface area contributed by atoms with Gasteiger partial charge in [0.2, 0.25) is 0 Å². The zero-order valence-electron chi connectivity index (χ0n) is 45.3. The fraction of sp³-hybridized carbons (Fsp3) is 0.754. The molecule has 0 spiro atoms. The Morgan fingerprint density at radius 2 is 1.06 bits per heavy atom. The Hall–Kier alpha value is -1.90. The van der Waals surface area contributed by atoms with Crippen molar-refractivity contribution in [1.82, 2.24) is 4.57 Å². The average Bonchev–Trinajstić information content (AvgIpc) is 4.02. The second-order valence-corrected chi connectivity index (χ2v) is 29.6. The SMILES string of the molecule is CCCCCCCCCCCCCCC1(CCCCCCCCCCCCCC)C2=CC3C(c4ccccc4)CC([Si](C)(C)N(C4CCCCC4)C(C)(C)C)C3C=C2c2cc3c(cc21)CCC3. The van der Waals surface area contributed by atoms with E-state index in [2.05, 4.69) is 107 Å². The van der Waals surface area contributed by atoms with Crippen LogP contribution in [-0.2, 0) is 18.3 Å². The summed E-state index contributed by atoms with van der Waals surface area (Å²) in [6.45, 7) is 18.1. The lowest BCUT2D eigenvalue weighted by Gasteiger charge is -2.55. The van der Waals surface area contributed by atoms with Crippen LogP contribution >= 0.6 is 0 Å². The summed E-state index contributed by atoms with van der Waals surface area (Å²) in [6, 6.07) is 18.4. The fourth-order valence-corrected chi connectivity index (χ4v) is 21.0. The lowest BCUT2D eigenvalue weighted by atomic mass is 9.67. The maximum atomic E-state index is 3.22. The minimum atomic E-state index is -1.93. The summed E-state index contributed by atoms with van der Waals surface area (Å²) in [7, 11) is -1.93. The number of benzene rings is 2. The van der Waals surface area contributed by atoms with E-state index in [1.54, 1.807) is 39.0 Å². The predicted octanol–water partition coefficient (Wildman–Crippen LogP) is 20.4. The molecule has 5 aliphatic carbocycles. The Bertz CT molecular complexity index is 1790. The third kappa shape index (κ3) is 13.3. The molecule has 0 saturated heterocycles. The average molecular weight is 929 g/mol. The molecule has 0 aliphatic heterocycles. The first kappa shape index (κ1) is 52.9. The van der Waals surface area contributed by atoms with Crippen LogP contribution < -0.4 is 0 Å². The molecule has 4 atom stereocenters. The molecule has 4 unspecified atom stereocenters. The van der Waals surface area contributed by atoms with E-state index >= 15 is 0 Å². The minimum absolute atomic E-state index is 0.173. The highest BCUT2D eigenvalue weighted by Crippen LogP contribution is 2.65. The topological polar surface area (TPSA) is 3.24 Å². The van der Waals surface area contributed by atoms with Gasteiger partial charge >= 0.3 is 0 Å². The van der Waals surface area contributed by atoms with Crippen LogP contribution in [0.1, 0.15) is 280 Å². The van der Waals surface area contributed by atoms with Gasteiger partial charge in [0.15, 0.2) is 0 Å². The van der Waals surface area contributed by atoms with Crippen molar-refractivity contribution < 1.29 is 0 Å². The molecule has 0 radical (unpaired) electrons. The molecule has 0 aromatic heterocycles. The number of allylic oxidation sites excluding steroid dienone is 4. The second-order valence-electron chi connectivity index (χ2n) is 25.0. The summed E-state index contributed by atoms with van der Waals surface area (Å²) < 4.78 is 3.22. The molecule has 2 saturated carbocycles. The van der Waals surface area contributed by atoms with Crippen molar-refractivity contribution in [1.29, 1.82) is 0 Å². The number of unbranched alkanes of at least 4 members (excludes halogenated alkanes) is 22. The van der Waals surface area contributed by atoms with E-state index in [1.807, 2.05) is 0 Å². The van der Waals surface area contributed by atoms with Crippen molar-refractivity contribution in [3.05, 3.63) is 88.0 Å². The molecular formula is C65H105NSi. The molecule has 0 bridgehead atoms. The quantitative estimate of drug-likeness (QED) is 0.0557. The van der Waals surface area contributed by atoms with Crippen molar-refractivity contribution in [2.75, 3.05) is 0 Å². The van der Waals surface area contributed by atoms with Gasteiger partial charge in [-0.3, -0.25) is 0 Å². The third-order valence-corrected chi connectivity index (χ3v) is 23.5. The van der Waals surface area contributed by atoms with E-state index in [-0.39, 0.29) is 11.0 Å². The number of hydrogen-bond donors (Lipinski definition) is 0. The van der Waals surface area contributed by atoms with Crippen LogP contribution in [0.3, 0.4) is 0 Å². The van der Waals surface area contributed by atoms with E-state index < -0.39 is 8.24 Å². The van der Waals surface area contributed by atoms with Crippen LogP contribution in [0.15, 0.2) is 60.2 Å². The first-order valence-electron chi connectivity index (χ1n) is 30.1. The zero-order valence-corrected chi connectivity index (χ0v) is 46.3. The molecule has 1 nitrogen and oxygen atoms in total. The molecular weight excluding hydrogens is 823 g/mol. The van der Waals surface area contributed by atoms with Gasteiger partial charge in [0.1, 0.15) is 8.24 Å². The molecule has 67 heavy (non-hydrogen) atoms. The molecule has 7 rings (SSSR count). The molecule has 374 valence electrons. The number of fused-ring (bicyclic) bond motifs is 5. The van der Waals surface area contributed by atoms with E-state index in [4.69, 9.17) is 0 Å². The Morgan fingerprint density at radius 3 is 1.57 bits per heavy atom. The standard InChI is InChI=1S/C65H105NSi/c1-8-10-12-14-16-18-20-22-24-26-28-36-45-65(46-37-29-27-25-23-21-19-17-15-13-11-9-2)61-48-54-42-38-41-53(54)47-58(61)59-49-60-57(50-62(59)65)56(52-39-32-30-33-40-52)51-63(60)67(6,7)66(64(3,4)5)55-43-34-31-35-44-55/h30,32-33,39-40,47-50,55-57,60,63H,8-29,31,34-38,41-46,51H2,1-7H3. The van der Waals surface area contributed by atoms with Gasteiger partial charge in [0.05, 0.1) is 0 Å². The van der Waals surface area contributed by atoms with Crippen LogP contribution in [-0.4, -0.2) is 24.4 Å². The predicted molar refractivity (Wildman–Crippen MR) is 298 cm³/mol. The monoisotopic (exact) mass is 928 g/mol. The zero-order chi connectivity index (χ0) is 47.1. The smallest absolute Gasteiger partial charge is 0.126 e. The number of hydrogen-bond acceptors (Lipinski definition) is 1. The van der Waals surface area contributed by atoms with E-state index in [0.717, 1.165) is 11.6 Å². The van der Waals surface area contributed by atoms with Gasteiger partial charge in [-0.1, -0.05) is 255 Å². The van der Waals surface area contributed by atoms with Crippen LogP contribution in [0.25, 0.3) is 5.57 Å². The van der Waals surface area contributed by atoms with E-state index in [9.17, 15) is 0 Å². The largest absolute Gasteiger partial charge is 0.316 e. The van der Waals surface area contributed by atoms with Crippen LogP contribution in [0.4, 0.5) is 0 Å². The third-order valence-electron chi connectivity index (χ3n) is 18.8. The molecule has 2 aromatic rings. The second kappa shape index (κ2) is 26.0. The van der Waals surface area contributed by atoms with Crippen LogP contribution in [0.2, 0.25) is 18.6 Å². The Morgan fingerprint density at radius 1 is 0.567 bits per heavy atom. The molecule has 0 heterocycles. The van der Waals surface area contributed by atoms with E-state index in [0.29, 0.717) is 17.8 Å². The van der Waals surface area contributed by atoms with Gasteiger partial charge in [-0.05, 0) is 134 Å². The molecule has 0 amide bonds. The summed E-state index contributed by atoms with van der Waals surface area (Å²) in [5, 5.41) is 0. The number of rotatable bonds is 30. The lowest BCUT2D eigenvalue weighted by molar-refractivity contribution is 0.140. The van der Waals surface area contributed by atoms with Gasteiger partial charge < -0.3 is 4.57 Å². The molecule has 0 N–H and O–H groups in total. The van der Waals surface area contributed by atoms with Gasteiger partial charge in [-0.25, -0.2) is 0 Å². The normalized spacial score (nSPS) is 22.4. The Balaban J connectivity index is 1.16. The van der Waals surface area contributed by atoms with Crippen molar-refractivity contribution in [3.8, 4) is 0 Å². The molecule has 5 aliphatic rings. The summed E-state index contributed by atoms with van der Waals surface area (Å²) >= 11 is 0. The highest BCUT2D eigenvalue weighted by molar-refractivity contribution is 6.76. The number of aryl methyl sites for hydroxylation is 2. The fourth-order valence-electron chi connectivity index (χ4n) is 15.6.